The highest BCUT2D eigenvalue weighted by atomic mass is 35.5. The first-order valence-electron chi connectivity index (χ1n) is 6.24. The molecule has 0 unspecified atom stereocenters. The first-order valence-corrected chi connectivity index (χ1v) is 6.99. The lowest BCUT2D eigenvalue weighted by molar-refractivity contribution is -0.134. The number of amides is 1. The lowest BCUT2D eigenvalue weighted by Gasteiger charge is -2.00. The van der Waals surface area contributed by atoms with E-state index in [1.54, 1.807) is 18.2 Å². The monoisotopic (exact) mass is 338 g/mol. The molecule has 0 aliphatic carbocycles. The number of fused-ring (bicyclic) bond motifs is 1. The predicted molar refractivity (Wildman–Crippen MR) is 86.9 cm³/mol. The normalized spacial score (nSPS) is 12.0. The number of benzene rings is 1. The molecule has 1 amide bonds. The zero-order valence-corrected chi connectivity index (χ0v) is 13.0. The number of allylic oxidation sites excluding steroid dienone is 2. The molecule has 0 aliphatic heterocycles. The van der Waals surface area contributed by atoms with Crippen LogP contribution < -0.4 is 5.32 Å². The van der Waals surface area contributed by atoms with Crippen LogP contribution in [-0.2, 0) is 9.59 Å². The molecule has 0 saturated carbocycles. The van der Waals surface area contributed by atoms with Crippen molar-refractivity contribution in [3.05, 3.63) is 51.8 Å². The summed E-state index contributed by atoms with van der Waals surface area (Å²) < 4.78 is 0. The molecule has 1 heterocycles. The maximum atomic E-state index is 10.9. The minimum atomic E-state index is -1.21. The van der Waals surface area contributed by atoms with Crippen LogP contribution in [0.3, 0.4) is 0 Å². The molecule has 3 N–H and O–H groups in total. The van der Waals surface area contributed by atoms with Crippen molar-refractivity contribution in [2.75, 3.05) is 0 Å². The average Bonchev–Trinajstić information content (AvgIpc) is 2.79. The molecule has 7 heteroatoms. The molecule has 5 nitrogen and oxygen atoms in total. The number of aromatic amines is 1. The Hall–Kier alpha value is -2.24. The zero-order valence-electron chi connectivity index (χ0n) is 11.5. The molecule has 2 rings (SSSR count). The predicted octanol–water partition coefficient (Wildman–Crippen LogP) is 3.59. The lowest BCUT2D eigenvalue weighted by atomic mass is 10.2. The smallest absolute Gasteiger partial charge is 0.352 e. The van der Waals surface area contributed by atoms with Gasteiger partial charge in [0.15, 0.2) is 0 Å². The molecule has 0 fully saturated rings. The topological polar surface area (TPSA) is 82.2 Å². The number of hydrogen-bond acceptors (Lipinski definition) is 2. The molecular weight excluding hydrogens is 327 g/mol. The second kappa shape index (κ2) is 6.68. The van der Waals surface area contributed by atoms with Crippen molar-refractivity contribution in [2.45, 2.75) is 6.92 Å². The first-order chi connectivity index (χ1) is 10.4. The van der Waals surface area contributed by atoms with Crippen molar-refractivity contribution < 1.29 is 14.7 Å². The van der Waals surface area contributed by atoms with Gasteiger partial charge in [-0.2, -0.15) is 0 Å². The van der Waals surface area contributed by atoms with Crippen molar-refractivity contribution in [2.24, 2.45) is 0 Å². The summed E-state index contributed by atoms with van der Waals surface area (Å²) in [5.74, 6) is -1.66. The van der Waals surface area contributed by atoms with Crippen molar-refractivity contribution >= 4 is 52.1 Å². The van der Waals surface area contributed by atoms with E-state index < -0.39 is 11.9 Å². The van der Waals surface area contributed by atoms with Gasteiger partial charge in [-0.15, -0.1) is 0 Å². The van der Waals surface area contributed by atoms with Gasteiger partial charge in [-0.05, 0) is 30.4 Å². The van der Waals surface area contributed by atoms with Crippen molar-refractivity contribution in [3.63, 3.8) is 0 Å². The molecule has 2 aromatic rings. The zero-order chi connectivity index (χ0) is 16.3. The summed E-state index contributed by atoms with van der Waals surface area (Å²) in [5.41, 5.74) is 1.36. The number of nitrogens with one attached hydrogen (secondary N) is 2. The fourth-order valence-electron chi connectivity index (χ4n) is 1.84. The number of carbonyl (C=O) groups is 2. The van der Waals surface area contributed by atoms with E-state index in [0.717, 1.165) is 16.6 Å². The van der Waals surface area contributed by atoms with Crippen LogP contribution in [0.4, 0.5) is 0 Å². The highest BCUT2D eigenvalue weighted by Gasteiger charge is 2.07. The van der Waals surface area contributed by atoms with Gasteiger partial charge in [0, 0.05) is 23.5 Å². The van der Waals surface area contributed by atoms with Crippen LogP contribution in [0.2, 0.25) is 10.0 Å². The second-order valence-electron chi connectivity index (χ2n) is 4.50. The van der Waals surface area contributed by atoms with E-state index in [0.29, 0.717) is 10.0 Å². The summed E-state index contributed by atoms with van der Waals surface area (Å²) in [6.07, 6.45) is 4.50. The molecule has 22 heavy (non-hydrogen) atoms. The van der Waals surface area contributed by atoms with Crippen molar-refractivity contribution in [1.82, 2.24) is 10.3 Å². The van der Waals surface area contributed by atoms with Gasteiger partial charge in [-0.1, -0.05) is 29.3 Å². The maximum absolute atomic E-state index is 10.9. The molecule has 1 aromatic carbocycles. The van der Waals surface area contributed by atoms with Gasteiger partial charge in [-0.3, -0.25) is 4.79 Å². The molecule has 0 bridgehead atoms. The van der Waals surface area contributed by atoms with E-state index in [9.17, 15) is 9.59 Å². The van der Waals surface area contributed by atoms with Crippen LogP contribution in [0.1, 0.15) is 12.6 Å². The van der Waals surface area contributed by atoms with E-state index >= 15 is 0 Å². The van der Waals surface area contributed by atoms with E-state index in [2.05, 4.69) is 10.3 Å². The Labute approximate surface area is 136 Å². The number of halogens is 2. The van der Waals surface area contributed by atoms with E-state index in [1.165, 1.54) is 19.1 Å². The Kier molecular flexibility index (Phi) is 4.90. The lowest BCUT2D eigenvalue weighted by Crippen LogP contribution is -2.24. The minimum absolute atomic E-state index is 0.203. The molecule has 0 spiro atoms. The third kappa shape index (κ3) is 3.90. The molecule has 114 valence electrons. The molecule has 0 saturated heterocycles. The molecule has 0 aliphatic rings. The molecule has 0 atom stereocenters. The number of rotatable bonds is 4. The molecule has 0 radical (unpaired) electrons. The highest BCUT2D eigenvalue weighted by Crippen LogP contribution is 2.28. The van der Waals surface area contributed by atoms with Gasteiger partial charge in [-0.25, -0.2) is 4.79 Å². The Morgan fingerprint density at radius 3 is 2.55 bits per heavy atom. The van der Waals surface area contributed by atoms with Crippen LogP contribution >= 0.6 is 23.2 Å². The summed E-state index contributed by atoms with van der Waals surface area (Å²) in [5, 5.41) is 13.0. The Morgan fingerprint density at radius 2 is 1.91 bits per heavy atom. The SMILES string of the molecule is CC(=O)N/C(=C\C=C\c1cc2cc(Cl)c(Cl)cc2[nH]1)C(=O)O. The van der Waals surface area contributed by atoms with Crippen molar-refractivity contribution in [1.29, 1.82) is 0 Å². The van der Waals surface area contributed by atoms with Gasteiger partial charge in [0.2, 0.25) is 5.91 Å². The summed E-state index contributed by atoms with van der Waals surface area (Å²) in [7, 11) is 0. The third-order valence-corrected chi connectivity index (χ3v) is 3.48. The summed E-state index contributed by atoms with van der Waals surface area (Å²) in [4.78, 5) is 25.0. The van der Waals surface area contributed by atoms with E-state index in [-0.39, 0.29) is 5.70 Å². The fourth-order valence-corrected chi connectivity index (χ4v) is 2.18. The summed E-state index contributed by atoms with van der Waals surface area (Å²) in [6, 6.07) is 5.30. The number of carboxylic acid groups (broad SMARTS) is 1. The largest absolute Gasteiger partial charge is 0.477 e. The van der Waals surface area contributed by atoms with Gasteiger partial charge >= 0.3 is 5.97 Å². The summed E-state index contributed by atoms with van der Waals surface area (Å²) in [6.45, 7) is 1.24. The van der Waals surface area contributed by atoms with Crippen LogP contribution in [0.25, 0.3) is 17.0 Å². The number of carbonyl (C=O) groups excluding carboxylic acids is 1. The quantitative estimate of drug-likeness (QED) is 0.588. The second-order valence-corrected chi connectivity index (χ2v) is 5.32. The Balaban J connectivity index is 2.25. The molecule has 1 aromatic heterocycles. The van der Waals surface area contributed by atoms with Gasteiger partial charge < -0.3 is 15.4 Å². The van der Waals surface area contributed by atoms with Crippen molar-refractivity contribution in [3.8, 4) is 0 Å². The number of aromatic nitrogens is 1. The first kappa shape index (κ1) is 16.1. The standard InChI is InChI=1S/C15H12Cl2N2O3/c1-8(20)18-13(15(21)22)4-2-3-10-5-9-6-11(16)12(17)7-14(9)19-10/h2-7,19H,1H3,(H,18,20)(H,21,22)/b3-2+,13-4-. The number of H-pyrrole nitrogens is 1. The van der Waals surface area contributed by atoms with Crippen LogP contribution in [0.5, 0.6) is 0 Å². The van der Waals surface area contributed by atoms with E-state index in [4.69, 9.17) is 28.3 Å². The van der Waals surface area contributed by atoms with Crippen LogP contribution in [-0.4, -0.2) is 22.0 Å². The van der Waals surface area contributed by atoms with Gasteiger partial charge in [0.05, 0.1) is 10.0 Å². The Morgan fingerprint density at radius 1 is 1.23 bits per heavy atom. The number of carboxylic acids is 1. The third-order valence-electron chi connectivity index (χ3n) is 2.76. The summed E-state index contributed by atoms with van der Waals surface area (Å²) >= 11 is 11.9. The number of aliphatic carboxylic acids is 1. The fraction of sp³-hybridized carbons (Fsp3) is 0.0667. The maximum Gasteiger partial charge on any atom is 0.352 e. The van der Waals surface area contributed by atoms with Crippen LogP contribution in [0, 0.1) is 0 Å². The van der Waals surface area contributed by atoms with Gasteiger partial charge in [0.25, 0.3) is 0 Å². The van der Waals surface area contributed by atoms with E-state index in [1.807, 2.05) is 6.07 Å². The highest BCUT2D eigenvalue weighted by molar-refractivity contribution is 6.42. The Bertz CT molecular complexity index is 767. The molecular formula is C15H12Cl2N2O3. The minimum Gasteiger partial charge on any atom is -0.477 e. The van der Waals surface area contributed by atoms with Crippen LogP contribution in [0.15, 0.2) is 36.0 Å². The average molecular weight is 339 g/mol. The number of hydrogen-bond donors (Lipinski definition) is 3. The van der Waals surface area contributed by atoms with Gasteiger partial charge in [0.1, 0.15) is 5.70 Å².